The molecule has 0 fully saturated rings. The van der Waals surface area contributed by atoms with Crippen molar-refractivity contribution in [3.8, 4) is 0 Å². The molecule has 0 aliphatic rings. The van der Waals surface area contributed by atoms with Crippen molar-refractivity contribution >= 4 is 11.6 Å². The van der Waals surface area contributed by atoms with Gasteiger partial charge in [-0.25, -0.2) is 4.98 Å². The molecule has 5 nitrogen and oxygen atoms in total. The van der Waals surface area contributed by atoms with Crippen LogP contribution in [0, 0.1) is 6.92 Å². The van der Waals surface area contributed by atoms with Gasteiger partial charge in [-0.1, -0.05) is 0 Å². The van der Waals surface area contributed by atoms with Gasteiger partial charge in [-0.15, -0.1) is 0 Å². The van der Waals surface area contributed by atoms with Gasteiger partial charge >= 0.3 is 0 Å². The minimum absolute atomic E-state index is 0.354. The van der Waals surface area contributed by atoms with Crippen LogP contribution in [-0.2, 0) is 0 Å². The average molecular weight is 176 g/mol. The van der Waals surface area contributed by atoms with Crippen molar-refractivity contribution in [1.29, 1.82) is 0 Å². The molecule has 2 heterocycles. The van der Waals surface area contributed by atoms with E-state index in [9.17, 15) is 4.79 Å². The second-order valence-electron chi connectivity index (χ2n) is 2.75. The molecule has 0 aliphatic heterocycles. The predicted octanol–water partition coefficient (Wildman–Crippen LogP) is 0.137. The molecule has 2 aromatic rings. The van der Waals surface area contributed by atoms with Crippen molar-refractivity contribution in [3.05, 3.63) is 30.0 Å². The van der Waals surface area contributed by atoms with E-state index in [2.05, 4.69) is 9.97 Å². The highest BCUT2D eigenvalue weighted by atomic mass is 16.1. The Morgan fingerprint density at radius 1 is 1.46 bits per heavy atom. The number of primary amides is 1. The molecule has 0 aromatic carbocycles. The van der Waals surface area contributed by atoms with Gasteiger partial charge < -0.3 is 5.73 Å². The van der Waals surface area contributed by atoms with E-state index in [-0.39, 0.29) is 0 Å². The summed E-state index contributed by atoms with van der Waals surface area (Å²) in [6.45, 7) is 1.85. The van der Waals surface area contributed by atoms with Crippen molar-refractivity contribution in [2.24, 2.45) is 5.73 Å². The lowest BCUT2D eigenvalue weighted by Gasteiger charge is -2.01. The van der Waals surface area contributed by atoms with Gasteiger partial charge in [-0.3, -0.25) is 14.2 Å². The van der Waals surface area contributed by atoms with Crippen molar-refractivity contribution < 1.29 is 4.79 Å². The molecule has 0 atom stereocenters. The number of fused-ring (bicyclic) bond motifs is 1. The first-order valence-electron chi connectivity index (χ1n) is 3.78. The number of carbonyl (C=O) groups is 1. The molecule has 2 N–H and O–H groups in total. The van der Waals surface area contributed by atoms with Crippen LogP contribution in [0.4, 0.5) is 0 Å². The maximum absolute atomic E-state index is 11.0. The zero-order valence-electron chi connectivity index (χ0n) is 7.06. The first-order valence-corrected chi connectivity index (χ1v) is 3.78. The third kappa shape index (κ3) is 1.05. The monoisotopic (exact) mass is 176 g/mol. The van der Waals surface area contributed by atoms with Crippen LogP contribution in [0.2, 0.25) is 0 Å². The minimum atomic E-state index is -0.501. The van der Waals surface area contributed by atoms with Crippen LogP contribution in [0.3, 0.4) is 0 Å². The molecule has 2 aromatic heterocycles. The second-order valence-corrected chi connectivity index (χ2v) is 2.75. The fourth-order valence-corrected chi connectivity index (χ4v) is 1.27. The minimum Gasteiger partial charge on any atom is -0.364 e. The maximum atomic E-state index is 11.0. The Bertz CT molecular complexity index is 474. The summed E-state index contributed by atoms with van der Waals surface area (Å²) >= 11 is 0. The van der Waals surface area contributed by atoms with Gasteiger partial charge in [0, 0.05) is 11.9 Å². The van der Waals surface area contributed by atoms with Gasteiger partial charge in [0.05, 0.1) is 12.4 Å². The second kappa shape index (κ2) is 2.55. The summed E-state index contributed by atoms with van der Waals surface area (Å²) in [5.74, 6) is -0.501. The molecule has 13 heavy (non-hydrogen) atoms. The summed E-state index contributed by atoms with van der Waals surface area (Å²) in [5.41, 5.74) is 7.03. The Labute approximate surface area is 74.2 Å². The number of imidazole rings is 1. The molecule has 0 bridgehead atoms. The van der Waals surface area contributed by atoms with E-state index >= 15 is 0 Å². The smallest absolute Gasteiger partial charge is 0.267 e. The lowest BCUT2D eigenvalue weighted by Crippen LogP contribution is -2.16. The van der Waals surface area contributed by atoms with Crippen molar-refractivity contribution in [2.75, 3.05) is 0 Å². The number of aromatic nitrogens is 3. The number of nitrogens with zero attached hydrogens (tertiary/aromatic N) is 3. The van der Waals surface area contributed by atoms with E-state index in [1.807, 2.05) is 6.92 Å². The molecule has 5 heteroatoms. The van der Waals surface area contributed by atoms with E-state index in [4.69, 9.17) is 5.73 Å². The predicted molar refractivity (Wildman–Crippen MR) is 46.2 cm³/mol. The van der Waals surface area contributed by atoms with Crippen LogP contribution < -0.4 is 5.73 Å². The van der Waals surface area contributed by atoms with Gasteiger partial charge in [0.15, 0.2) is 5.65 Å². The molecule has 66 valence electrons. The van der Waals surface area contributed by atoms with Gasteiger partial charge in [0.2, 0.25) is 0 Å². The average Bonchev–Trinajstić information content (AvgIpc) is 2.48. The SMILES string of the molecule is Cc1cnc2cncc(C(N)=O)n12. The summed E-state index contributed by atoms with van der Waals surface area (Å²) in [5, 5.41) is 0. The lowest BCUT2D eigenvalue weighted by atomic mass is 10.4. The lowest BCUT2D eigenvalue weighted by molar-refractivity contribution is 0.0993. The quantitative estimate of drug-likeness (QED) is 0.671. The van der Waals surface area contributed by atoms with E-state index in [0.29, 0.717) is 11.3 Å². The molecule has 0 radical (unpaired) electrons. The van der Waals surface area contributed by atoms with Crippen molar-refractivity contribution in [3.63, 3.8) is 0 Å². The first kappa shape index (κ1) is 7.72. The third-order valence-corrected chi connectivity index (χ3v) is 1.85. The highest BCUT2D eigenvalue weighted by Gasteiger charge is 2.08. The van der Waals surface area contributed by atoms with E-state index in [1.54, 1.807) is 16.8 Å². The van der Waals surface area contributed by atoms with E-state index in [0.717, 1.165) is 5.69 Å². The summed E-state index contributed by atoms with van der Waals surface area (Å²) in [4.78, 5) is 18.9. The summed E-state index contributed by atoms with van der Waals surface area (Å²) in [6.07, 6.45) is 4.69. The Balaban J connectivity index is 2.88. The molecule has 2 rings (SSSR count). The Kier molecular flexibility index (Phi) is 1.51. The van der Waals surface area contributed by atoms with Gasteiger partial charge in [0.25, 0.3) is 5.91 Å². The van der Waals surface area contributed by atoms with Crippen LogP contribution in [-0.4, -0.2) is 20.3 Å². The number of rotatable bonds is 1. The number of nitrogens with two attached hydrogens (primary N) is 1. The third-order valence-electron chi connectivity index (χ3n) is 1.85. The number of carbonyl (C=O) groups excluding carboxylic acids is 1. The largest absolute Gasteiger partial charge is 0.364 e. The molecule has 0 saturated carbocycles. The standard InChI is InChI=1S/C8H8N4O/c1-5-2-11-7-4-10-3-6(8(9)13)12(5)7/h2-4H,1H3,(H2,9,13). The van der Waals surface area contributed by atoms with E-state index < -0.39 is 5.91 Å². The van der Waals surface area contributed by atoms with Crippen LogP contribution in [0.1, 0.15) is 16.2 Å². The molecular formula is C8H8N4O. The number of hydrogen-bond acceptors (Lipinski definition) is 3. The summed E-state index contributed by atoms with van der Waals surface area (Å²) < 4.78 is 1.68. The highest BCUT2D eigenvalue weighted by Crippen LogP contribution is 2.07. The summed E-state index contributed by atoms with van der Waals surface area (Å²) in [7, 11) is 0. The Morgan fingerprint density at radius 2 is 2.23 bits per heavy atom. The van der Waals surface area contributed by atoms with Crippen LogP contribution in [0.15, 0.2) is 18.6 Å². The molecule has 0 spiro atoms. The molecule has 1 amide bonds. The Morgan fingerprint density at radius 3 is 2.92 bits per heavy atom. The maximum Gasteiger partial charge on any atom is 0.267 e. The topological polar surface area (TPSA) is 73.3 Å². The normalized spacial score (nSPS) is 10.5. The van der Waals surface area contributed by atoms with Crippen molar-refractivity contribution in [1.82, 2.24) is 14.4 Å². The highest BCUT2D eigenvalue weighted by molar-refractivity contribution is 5.91. The fraction of sp³-hybridized carbons (Fsp3) is 0.125. The molecule has 0 unspecified atom stereocenters. The van der Waals surface area contributed by atoms with Gasteiger partial charge in [-0.2, -0.15) is 0 Å². The zero-order valence-corrected chi connectivity index (χ0v) is 7.06. The summed E-state index contributed by atoms with van der Waals surface area (Å²) in [6, 6.07) is 0. The Hall–Kier alpha value is -1.91. The van der Waals surface area contributed by atoms with Gasteiger partial charge in [-0.05, 0) is 6.92 Å². The van der Waals surface area contributed by atoms with Gasteiger partial charge in [0.1, 0.15) is 5.69 Å². The van der Waals surface area contributed by atoms with Crippen molar-refractivity contribution in [2.45, 2.75) is 6.92 Å². The number of hydrogen-bond donors (Lipinski definition) is 1. The first-order chi connectivity index (χ1) is 6.20. The molecule has 0 aliphatic carbocycles. The number of amides is 1. The molecule has 0 saturated heterocycles. The fourth-order valence-electron chi connectivity index (χ4n) is 1.27. The van der Waals surface area contributed by atoms with E-state index in [1.165, 1.54) is 6.20 Å². The zero-order chi connectivity index (χ0) is 9.42. The van der Waals surface area contributed by atoms with Crippen LogP contribution >= 0.6 is 0 Å². The van der Waals surface area contributed by atoms with Crippen LogP contribution in [0.25, 0.3) is 5.65 Å². The van der Waals surface area contributed by atoms with Crippen LogP contribution in [0.5, 0.6) is 0 Å². The molecular weight excluding hydrogens is 168 g/mol. The number of aryl methyl sites for hydroxylation is 1.